The summed E-state index contributed by atoms with van der Waals surface area (Å²) in [6.45, 7) is 0.724. The first-order valence-electron chi connectivity index (χ1n) is 11.1. The fraction of sp³-hybridized carbons (Fsp3) is 0.240. The molecule has 3 aromatic heterocycles. The fourth-order valence-electron chi connectivity index (χ4n) is 3.73. The summed E-state index contributed by atoms with van der Waals surface area (Å²) in [6.07, 6.45) is 6.89. The minimum atomic E-state index is -0.325. The molecule has 1 aromatic carbocycles. The lowest BCUT2D eigenvalue weighted by Gasteiger charge is -2.09. The fourth-order valence-corrected chi connectivity index (χ4v) is 3.73. The van der Waals surface area contributed by atoms with E-state index in [-0.39, 0.29) is 17.7 Å². The minimum absolute atomic E-state index is 0.0347. The van der Waals surface area contributed by atoms with E-state index in [0.29, 0.717) is 22.5 Å². The summed E-state index contributed by atoms with van der Waals surface area (Å²) in [7, 11) is 3.95. The van der Waals surface area contributed by atoms with E-state index in [1.54, 1.807) is 18.6 Å². The predicted octanol–water partition coefficient (Wildman–Crippen LogP) is 3.68. The number of aromatic nitrogens is 4. The zero-order valence-electron chi connectivity index (χ0n) is 19.0. The van der Waals surface area contributed by atoms with Crippen molar-refractivity contribution < 1.29 is 9.59 Å². The average Bonchev–Trinajstić information content (AvgIpc) is 3.59. The van der Waals surface area contributed by atoms with Crippen molar-refractivity contribution >= 4 is 34.1 Å². The number of aromatic amines is 1. The van der Waals surface area contributed by atoms with Crippen molar-refractivity contribution in [2.75, 3.05) is 24.7 Å². The zero-order valence-corrected chi connectivity index (χ0v) is 19.0. The number of anilines is 2. The molecule has 0 radical (unpaired) electrons. The lowest BCUT2D eigenvalue weighted by Crippen LogP contribution is -2.14. The first-order valence-corrected chi connectivity index (χ1v) is 11.1. The second-order valence-electron chi connectivity index (χ2n) is 8.79. The van der Waals surface area contributed by atoms with Crippen LogP contribution in [-0.4, -0.2) is 51.0 Å². The Kier molecular flexibility index (Phi) is 5.77. The van der Waals surface area contributed by atoms with Gasteiger partial charge in [0.1, 0.15) is 0 Å². The Balaban J connectivity index is 1.37. The summed E-state index contributed by atoms with van der Waals surface area (Å²) < 4.78 is 0. The molecule has 34 heavy (non-hydrogen) atoms. The number of amides is 2. The van der Waals surface area contributed by atoms with E-state index in [1.807, 2.05) is 55.4 Å². The van der Waals surface area contributed by atoms with Crippen molar-refractivity contribution in [3.05, 3.63) is 66.4 Å². The number of hydrogen-bond acceptors (Lipinski definition) is 6. The van der Waals surface area contributed by atoms with E-state index in [9.17, 15) is 9.59 Å². The highest BCUT2D eigenvalue weighted by Crippen LogP contribution is 2.31. The Hall–Kier alpha value is -4.11. The van der Waals surface area contributed by atoms with E-state index >= 15 is 0 Å². The molecule has 3 heterocycles. The molecule has 0 atom stereocenters. The molecule has 5 rings (SSSR count). The first kappa shape index (κ1) is 21.7. The summed E-state index contributed by atoms with van der Waals surface area (Å²) in [4.78, 5) is 35.7. The standard InChI is InChI=1S/C25H25N7O2/c1-32(2)14-19-7-6-18(13-27-19)28-25(34)23-21-10-16(5-8-22(21)30-31-23)17-9-20(12-26-11-17)29-24(33)15-3-4-15/h5-13,15H,3-4,14H2,1-2H3,(H,28,34)(H,29,33)(H,30,31). The van der Waals surface area contributed by atoms with E-state index in [4.69, 9.17) is 0 Å². The number of benzene rings is 1. The number of carbonyl (C=O) groups excluding carboxylic acids is 2. The van der Waals surface area contributed by atoms with Gasteiger partial charge in [-0.3, -0.25) is 24.7 Å². The summed E-state index contributed by atoms with van der Waals surface area (Å²) in [5, 5.41) is 13.6. The van der Waals surface area contributed by atoms with Crippen LogP contribution in [0.15, 0.2) is 55.0 Å². The van der Waals surface area contributed by atoms with Crippen LogP contribution in [0.2, 0.25) is 0 Å². The number of fused-ring (bicyclic) bond motifs is 1. The molecule has 172 valence electrons. The zero-order chi connectivity index (χ0) is 23.7. The molecule has 1 saturated carbocycles. The van der Waals surface area contributed by atoms with Gasteiger partial charge in [-0.05, 0) is 62.8 Å². The maximum absolute atomic E-state index is 13.0. The molecule has 1 aliphatic rings. The van der Waals surface area contributed by atoms with Crippen LogP contribution in [0.3, 0.4) is 0 Å². The van der Waals surface area contributed by atoms with Crippen molar-refractivity contribution in [1.82, 2.24) is 25.1 Å². The van der Waals surface area contributed by atoms with Crippen molar-refractivity contribution in [1.29, 1.82) is 0 Å². The van der Waals surface area contributed by atoms with Gasteiger partial charge < -0.3 is 15.5 Å². The quantitative estimate of drug-likeness (QED) is 0.391. The van der Waals surface area contributed by atoms with Gasteiger partial charge in [0, 0.05) is 29.6 Å². The average molecular weight is 456 g/mol. The predicted molar refractivity (Wildman–Crippen MR) is 130 cm³/mol. The second-order valence-corrected chi connectivity index (χ2v) is 8.79. The summed E-state index contributed by atoms with van der Waals surface area (Å²) in [5.41, 5.74) is 4.92. The van der Waals surface area contributed by atoms with E-state index in [2.05, 4.69) is 30.8 Å². The van der Waals surface area contributed by atoms with Crippen molar-refractivity contribution in [3.8, 4) is 11.1 Å². The Labute approximate surface area is 196 Å². The third kappa shape index (κ3) is 4.79. The number of pyridine rings is 2. The molecule has 9 nitrogen and oxygen atoms in total. The van der Waals surface area contributed by atoms with Crippen molar-refractivity contribution in [2.24, 2.45) is 5.92 Å². The third-order valence-electron chi connectivity index (χ3n) is 5.63. The molecule has 4 aromatic rings. The smallest absolute Gasteiger partial charge is 0.276 e. The van der Waals surface area contributed by atoms with Crippen LogP contribution in [-0.2, 0) is 11.3 Å². The monoisotopic (exact) mass is 455 g/mol. The lowest BCUT2D eigenvalue weighted by molar-refractivity contribution is -0.117. The Morgan fingerprint density at radius 2 is 1.85 bits per heavy atom. The SMILES string of the molecule is CN(C)Cc1ccc(NC(=O)c2n[nH]c3ccc(-c4cncc(NC(=O)C5CC5)c4)cc23)cn1. The summed E-state index contributed by atoms with van der Waals surface area (Å²) in [6, 6.07) is 11.3. The molecule has 1 aliphatic carbocycles. The molecule has 0 unspecified atom stereocenters. The van der Waals surface area contributed by atoms with Gasteiger partial charge in [-0.25, -0.2) is 0 Å². The molecule has 0 bridgehead atoms. The molecule has 0 aliphatic heterocycles. The van der Waals surface area contributed by atoms with Gasteiger partial charge in [0.15, 0.2) is 5.69 Å². The van der Waals surface area contributed by atoms with Crippen LogP contribution < -0.4 is 10.6 Å². The van der Waals surface area contributed by atoms with Gasteiger partial charge in [0.2, 0.25) is 5.91 Å². The second kappa shape index (κ2) is 9.03. The van der Waals surface area contributed by atoms with Gasteiger partial charge in [0.05, 0.1) is 35.0 Å². The molecule has 0 spiro atoms. The van der Waals surface area contributed by atoms with Crippen LogP contribution in [0.1, 0.15) is 29.0 Å². The largest absolute Gasteiger partial charge is 0.324 e. The Morgan fingerprint density at radius 1 is 1.00 bits per heavy atom. The molecule has 3 N–H and O–H groups in total. The summed E-state index contributed by atoms with van der Waals surface area (Å²) in [5.74, 6) is -0.173. The van der Waals surface area contributed by atoms with Gasteiger partial charge in [-0.2, -0.15) is 5.10 Å². The van der Waals surface area contributed by atoms with Crippen molar-refractivity contribution in [2.45, 2.75) is 19.4 Å². The molecular weight excluding hydrogens is 430 g/mol. The van der Waals surface area contributed by atoms with Gasteiger partial charge >= 0.3 is 0 Å². The lowest BCUT2D eigenvalue weighted by atomic mass is 10.0. The molecule has 0 saturated heterocycles. The van der Waals surface area contributed by atoms with E-state index < -0.39 is 0 Å². The van der Waals surface area contributed by atoms with Crippen LogP contribution in [0.25, 0.3) is 22.0 Å². The number of carbonyl (C=O) groups is 2. The highest BCUT2D eigenvalue weighted by atomic mass is 16.2. The molecule has 1 fully saturated rings. The van der Waals surface area contributed by atoms with Crippen molar-refractivity contribution in [3.63, 3.8) is 0 Å². The highest BCUT2D eigenvalue weighted by Gasteiger charge is 2.29. The maximum Gasteiger partial charge on any atom is 0.276 e. The summed E-state index contributed by atoms with van der Waals surface area (Å²) >= 11 is 0. The normalized spacial score (nSPS) is 13.3. The number of nitrogens with zero attached hydrogens (tertiary/aromatic N) is 4. The first-order chi connectivity index (χ1) is 16.5. The highest BCUT2D eigenvalue weighted by molar-refractivity contribution is 6.11. The topological polar surface area (TPSA) is 116 Å². The Morgan fingerprint density at radius 3 is 2.59 bits per heavy atom. The van der Waals surface area contributed by atoms with Gasteiger partial charge in [-0.1, -0.05) is 6.07 Å². The van der Waals surface area contributed by atoms with Crippen LogP contribution >= 0.6 is 0 Å². The van der Waals surface area contributed by atoms with Crippen LogP contribution in [0.5, 0.6) is 0 Å². The number of H-pyrrole nitrogens is 1. The minimum Gasteiger partial charge on any atom is -0.324 e. The number of nitrogens with one attached hydrogen (secondary N) is 3. The molecular formula is C25H25N7O2. The van der Waals surface area contributed by atoms with Crippen LogP contribution in [0.4, 0.5) is 11.4 Å². The Bertz CT molecular complexity index is 1360. The van der Waals surface area contributed by atoms with Crippen LogP contribution in [0, 0.1) is 5.92 Å². The molecule has 9 heteroatoms. The van der Waals surface area contributed by atoms with E-state index in [1.165, 1.54) is 0 Å². The number of hydrogen-bond donors (Lipinski definition) is 3. The van der Waals surface area contributed by atoms with E-state index in [0.717, 1.165) is 41.7 Å². The molecule has 2 amide bonds. The number of rotatable bonds is 7. The third-order valence-corrected chi connectivity index (χ3v) is 5.63. The van der Waals surface area contributed by atoms with Gasteiger partial charge in [-0.15, -0.1) is 0 Å². The maximum atomic E-state index is 13.0. The van der Waals surface area contributed by atoms with Gasteiger partial charge in [0.25, 0.3) is 5.91 Å².